The lowest BCUT2D eigenvalue weighted by atomic mass is 10.3. The Morgan fingerprint density at radius 3 is 2.45 bits per heavy atom. The van der Waals surface area contributed by atoms with Crippen molar-refractivity contribution >= 4 is 15.9 Å². The van der Waals surface area contributed by atoms with Crippen molar-refractivity contribution in [3.63, 3.8) is 0 Å². The third-order valence-corrected chi connectivity index (χ3v) is 4.49. The minimum absolute atomic E-state index is 0.0379. The molecule has 0 aromatic carbocycles. The van der Waals surface area contributed by atoms with Gasteiger partial charge in [0.1, 0.15) is 10.6 Å². The van der Waals surface area contributed by atoms with Gasteiger partial charge in [-0.25, -0.2) is 8.42 Å². The number of carbonyl (C=O) groups excluding carboxylic acids is 1. The van der Waals surface area contributed by atoms with Crippen LogP contribution in [0, 0.1) is 13.8 Å². The largest absolute Gasteiger partial charge is 0.360 e. The Kier molecular flexibility index (Phi) is 5.26. The molecule has 8 nitrogen and oxygen atoms in total. The summed E-state index contributed by atoms with van der Waals surface area (Å²) in [5.74, 6) is -0.267. The number of rotatable bonds is 6. The van der Waals surface area contributed by atoms with Gasteiger partial charge in [0, 0.05) is 12.6 Å². The molecule has 0 fully saturated rings. The molecule has 0 radical (unpaired) electrons. The third kappa shape index (κ3) is 3.78. The van der Waals surface area contributed by atoms with E-state index < -0.39 is 22.0 Å². The van der Waals surface area contributed by atoms with E-state index in [-0.39, 0.29) is 28.9 Å². The molecule has 114 valence electrons. The average Bonchev–Trinajstić information content (AvgIpc) is 2.68. The van der Waals surface area contributed by atoms with E-state index in [4.69, 9.17) is 10.3 Å². The fourth-order valence-electron chi connectivity index (χ4n) is 1.63. The van der Waals surface area contributed by atoms with Crippen molar-refractivity contribution in [2.45, 2.75) is 44.7 Å². The first-order valence-corrected chi connectivity index (χ1v) is 7.63. The highest BCUT2D eigenvalue weighted by Crippen LogP contribution is 2.18. The van der Waals surface area contributed by atoms with Crippen molar-refractivity contribution in [2.75, 3.05) is 6.54 Å². The number of sulfonamides is 1. The maximum atomic E-state index is 12.2. The number of nitrogens with zero attached hydrogens (tertiary/aromatic N) is 1. The molecule has 2 atom stereocenters. The van der Waals surface area contributed by atoms with Gasteiger partial charge >= 0.3 is 0 Å². The molecule has 0 bridgehead atoms. The van der Waals surface area contributed by atoms with Crippen molar-refractivity contribution in [3.05, 3.63) is 11.5 Å². The summed E-state index contributed by atoms with van der Waals surface area (Å²) in [5.41, 5.74) is 5.64. The van der Waals surface area contributed by atoms with E-state index in [1.165, 1.54) is 20.8 Å². The highest BCUT2D eigenvalue weighted by molar-refractivity contribution is 7.89. The predicted octanol–water partition coefficient (Wildman–Crippen LogP) is -0.578. The van der Waals surface area contributed by atoms with Gasteiger partial charge in [-0.05, 0) is 27.7 Å². The topological polar surface area (TPSA) is 127 Å². The fraction of sp³-hybridized carbons (Fsp3) is 0.636. The molecule has 0 aliphatic rings. The minimum atomic E-state index is -3.86. The maximum Gasteiger partial charge on any atom is 0.246 e. The van der Waals surface area contributed by atoms with Crippen LogP contribution in [-0.2, 0) is 14.8 Å². The Morgan fingerprint density at radius 2 is 2.00 bits per heavy atom. The molecular formula is C11H20N4O4S. The number of amides is 1. The van der Waals surface area contributed by atoms with E-state index >= 15 is 0 Å². The fourth-order valence-corrected chi connectivity index (χ4v) is 3.16. The van der Waals surface area contributed by atoms with Crippen LogP contribution < -0.4 is 15.8 Å². The molecule has 9 heteroatoms. The van der Waals surface area contributed by atoms with Crippen molar-refractivity contribution in [1.82, 2.24) is 15.2 Å². The van der Waals surface area contributed by atoms with Gasteiger partial charge in [0.15, 0.2) is 5.76 Å². The van der Waals surface area contributed by atoms with E-state index in [1.54, 1.807) is 6.92 Å². The number of hydrogen-bond acceptors (Lipinski definition) is 6. The van der Waals surface area contributed by atoms with Gasteiger partial charge in [-0.1, -0.05) is 5.16 Å². The predicted molar refractivity (Wildman–Crippen MR) is 72.4 cm³/mol. The third-order valence-electron chi connectivity index (χ3n) is 2.70. The zero-order chi connectivity index (χ0) is 15.5. The van der Waals surface area contributed by atoms with Crippen LogP contribution >= 0.6 is 0 Å². The summed E-state index contributed by atoms with van der Waals surface area (Å²) in [6.07, 6.45) is 0. The molecule has 1 rings (SSSR count). The summed E-state index contributed by atoms with van der Waals surface area (Å²) in [6, 6.07) is -1.16. The normalized spacial score (nSPS) is 14.8. The van der Waals surface area contributed by atoms with E-state index in [1.807, 2.05) is 0 Å². The molecule has 0 aliphatic heterocycles. The molecule has 1 aromatic heterocycles. The van der Waals surface area contributed by atoms with Crippen LogP contribution in [0.2, 0.25) is 0 Å². The molecule has 0 aliphatic carbocycles. The molecule has 0 saturated carbocycles. The lowest BCUT2D eigenvalue weighted by molar-refractivity contribution is -0.122. The lowest BCUT2D eigenvalue weighted by Crippen LogP contribution is -2.49. The summed E-state index contributed by atoms with van der Waals surface area (Å²) in [6.45, 7) is 6.47. The second-order valence-corrected chi connectivity index (χ2v) is 6.29. The number of nitrogens with one attached hydrogen (secondary N) is 2. The number of aryl methyl sites for hydroxylation is 2. The second kappa shape index (κ2) is 6.33. The quantitative estimate of drug-likeness (QED) is 0.645. The van der Waals surface area contributed by atoms with E-state index in [2.05, 4.69) is 15.2 Å². The molecule has 4 N–H and O–H groups in total. The van der Waals surface area contributed by atoms with Gasteiger partial charge in [0.05, 0.1) is 6.04 Å². The maximum absolute atomic E-state index is 12.2. The van der Waals surface area contributed by atoms with Gasteiger partial charge in [0.25, 0.3) is 0 Å². The molecule has 1 unspecified atom stereocenters. The molecular weight excluding hydrogens is 284 g/mol. The number of carbonyl (C=O) groups is 1. The minimum Gasteiger partial charge on any atom is -0.360 e. The first kappa shape index (κ1) is 16.6. The highest BCUT2D eigenvalue weighted by Gasteiger charge is 2.28. The standard InChI is InChI=1S/C11H20N4O4S/c1-6(5-12)13-11(16)8(3)15-20(17,18)10-7(2)14-19-9(10)4/h6,8,15H,5,12H2,1-4H3,(H,13,16)/t6-,8?/m0/s1. The van der Waals surface area contributed by atoms with Crippen LogP contribution in [0.15, 0.2) is 9.42 Å². The summed E-state index contributed by atoms with van der Waals surface area (Å²) < 4.78 is 31.5. The van der Waals surface area contributed by atoms with E-state index in [0.29, 0.717) is 0 Å². The lowest BCUT2D eigenvalue weighted by Gasteiger charge is -2.17. The second-order valence-electron chi connectivity index (χ2n) is 4.64. The summed E-state index contributed by atoms with van der Waals surface area (Å²) >= 11 is 0. The van der Waals surface area contributed by atoms with Crippen LogP contribution in [0.4, 0.5) is 0 Å². The van der Waals surface area contributed by atoms with Crippen LogP contribution in [0.1, 0.15) is 25.3 Å². The summed E-state index contributed by atoms with van der Waals surface area (Å²) in [5, 5.41) is 6.18. The van der Waals surface area contributed by atoms with E-state index in [9.17, 15) is 13.2 Å². The zero-order valence-corrected chi connectivity index (χ0v) is 12.7. The molecule has 1 amide bonds. The van der Waals surface area contributed by atoms with Gasteiger partial charge in [-0.15, -0.1) is 0 Å². The number of hydrogen-bond donors (Lipinski definition) is 3. The van der Waals surface area contributed by atoms with Crippen LogP contribution in [0.3, 0.4) is 0 Å². The Hall–Kier alpha value is -1.45. The van der Waals surface area contributed by atoms with Gasteiger partial charge in [-0.3, -0.25) is 4.79 Å². The molecule has 0 spiro atoms. The number of nitrogens with two attached hydrogens (primary N) is 1. The average molecular weight is 304 g/mol. The Balaban J connectivity index is 2.84. The van der Waals surface area contributed by atoms with Crippen LogP contribution in [-0.4, -0.2) is 38.1 Å². The first-order chi connectivity index (χ1) is 9.19. The molecule has 1 aromatic rings. The van der Waals surface area contributed by atoms with Crippen molar-refractivity contribution in [2.24, 2.45) is 5.73 Å². The van der Waals surface area contributed by atoms with Gasteiger partial charge < -0.3 is 15.6 Å². The van der Waals surface area contributed by atoms with Crippen molar-refractivity contribution < 1.29 is 17.7 Å². The Bertz CT molecular complexity index is 562. The van der Waals surface area contributed by atoms with Crippen molar-refractivity contribution in [1.29, 1.82) is 0 Å². The van der Waals surface area contributed by atoms with Crippen LogP contribution in [0.5, 0.6) is 0 Å². The summed E-state index contributed by atoms with van der Waals surface area (Å²) in [4.78, 5) is 11.8. The summed E-state index contributed by atoms with van der Waals surface area (Å²) in [7, 11) is -3.86. The Labute approximate surface area is 118 Å². The zero-order valence-electron chi connectivity index (χ0n) is 11.9. The van der Waals surface area contributed by atoms with Gasteiger partial charge in [0.2, 0.25) is 15.9 Å². The smallest absolute Gasteiger partial charge is 0.246 e. The first-order valence-electron chi connectivity index (χ1n) is 6.14. The van der Waals surface area contributed by atoms with Gasteiger partial charge in [-0.2, -0.15) is 4.72 Å². The van der Waals surface area contributed by atoms with Crippen LogP contribution in [0.25, 0.3) is 0 Å². The molecule has 20 heavy (non-hydrogen) atoms. The molecule has 1 heterocycles. The van der Waals surface area contributed by atoms with E-state index in [0.717, 1.165) is 0 Å². The number of aromatic nitrogens is 1. The highest BCUT2D eigenvalue weighted by atomic mass is 32.2. The monoisotopic (exact) mass is 304 g/mol. The Morgan fingerprint density at radius 1 is 1.40 bits per heavy atom. The SMILES string of the molecule is Cc1noc(C)c1S(=O)(=O)NC(C)C(=O)N[C@@H](C)CN. The van der Waals surface area contributed by atoms with Crippen molar-refractivity contribution in [3.8, 4) is 0 Å². The molecule has 0 saturated heterocycles.